The molecule has 1 saturated heterocycles. The molecule has 0 atom stereocenters. The number of aromatic nitrogens is 1. The Labute approximate surface area is 124 Å². The molecule has 4 rings (SSSR count). The SMILES string of the molecule is Nc1ccc(N2CC(c3ccccc3)C2)c2cccnc12. The summed E-state index contributed by atoms with van der Waals surface area (Å²) in [6.45, 7) is 2.11. The van der Waals surface area contributed by atoms with Gasteiger partial charge in [-0.05, 0) is 29.8 Å². The third-order valence-electron chi connectivity index (χ3n) is 4.27. The van der Waals surface area contributed by atoms with Gasteiger partial charge in [0, 0.05) is 36.3 Å². The number of nitrogens with two attached hydrogens (primary N) is 1. The summed E-state index contributed by atoms with van der Waals surface area (Å²) in [7, 11) is 0. The molecular weight excluding hydrogens is 258 g/mol. The summed E-state index contributed by atoms with van der Waals surface area (Å²) in [5, 5.41) is 1.14. The number of nitrogens with zero attached hydrogens (tertiary/aromatic N) is 2. The molecule has 2 heterocycles. The molecule has 0 saturated carbocycles. The number of anilines is 2. The summed E-state index contributed by atoms with van der Waals surface area (Å²) in [5.41, 5.74) is 10.3. The van der Waals surface area contributed by atoms with Crippen molar-refractivity contribution in [2.45, 2.75) is 5.92 Å². The van der Waals surface area contributed by atoms with Crippen molar-refractivity contribution in [1.29, 1.82) is 0 Å². The lowest BCUT2D eigenvalue weighted by molar-refractivity contribution is 0.527. The molecular formula is C18H17N3. The molecule has 0 radical (unpaired) electrons. The second-order valence-corrected chi connectivity index (χ2v) is 5.59. The van der Waals surface area contributed by atoms with Crippen molar-refractivity contribution >= 4 is 22.3 Å². The van der Waals surface area contributed by atoms with Crippen LogP contribution in [0.4, 0.5) is 11.4 Å². The molecule has 0 unspecified atom stereocenters. The molecule has 0 amide bonds. The fourth-order valence-corrected chi connectivity index (χ4v) is 3.07. The van der Waals surface area contributed by atoms with E-state index in [0.717, 1.165) is 29.7 Å². The van der Waals surface area contributed by atoms with Gasteiger partial charge >= 0.3 is 0 Å². The number of pyridine rings is 1. The van der Waals surface area contributed by atoms with Gasteiger partial charge in [0.1, 0.15) is 0 Å². The first-order chi connectivity index (χ1) is 10.3. The van der Waals surface area contributed by atoms with Crippen LogP contribution in [-0.4, -0.2) is 18.1 Å². The maximum Gasteiger partial charge on any atom is 0.0951 e. The zero-order valence-corrected chi connectivity index (χ0v) is 11.7. The lowest BCUT2D eigenvalue weighted by Crippen LogP contribution is -2.45. The first kappa shape index (κ1) is 12.2. The zero-order chi connectivity index (χ0) is 14.2. The van der Waals surface area contributed by atoms with Gasteiger partial charge in [0.2, 0.25) is 0 Å². The van der Waals surface area contributed by atoms with Crippen molar-refractivity contribution in [3.8, 4) is 0 Å². The average Bonchev–Trinajstić information content (AvgIpc) is 2.49. The van der Waals surface area contributed by atoms with E-state index in [-0.39, 0.29) is 0 Å². The lowest BCUT2D eigenvalue weighted by atomic mass is 9.90. The van der Waals surface area contributed by atoms with Crippen LogP contribution in [-0.2, 0) is 0 Å². The number of hydrogen-bond donors (Lipinski definition) is 1. The van der Waals surface area contributed by atoms with E-state index >= 15 is 0 Å². The normalized spacial score (nSPS) is 15.1. The fraction of sp³-hybridized carbons (Fsp3) is 0.167. The van der Waals surface area contributed by atoms with Crippen molar-refractivity contribution in [3.63, 3.8) is 0 Å². The highest BCUT2D eigenvalue weighted by Crippen LogP contribution is 2.36. The van der Waals surface area contributed by atoms with E-state index in [1.54, 1.807) is 6.20 Å². The molecule has 1 fully saturated rings. The van der Waals surface area contributed by atoms with E-state index in [0.29, 0.717) is 5.92 Å². The number of rotatable bonds is 2. The highest BCUT2D eigenvalue weighted by atomic mass is 15.2. The van der Waals surface area contributed by atoms with Gasteiger partial charge in [-0.1, -0.05) is 30.3 Å². The van der Waals surface area contributed by atoms with Crippen LogP contribution in [0.2, 0.25) is 0 Å². The Bertz CT molecular complexity index is 777. The van der Waals surface area contributed by atoms with Crippen molar-refractivity contribution < 1.29 is 0 Å². The molecule has 104 valence electrons. The second kappa shape index (κ2) is 4.77. The quantitative estimate of drug-likeness (QED) is 0.729. The van der Waals surface area contributed by atoms with E-state index in [1.165, 1.54) is 11.3 Å². The maximum atomic E-state index is 6.02. The standard InChI is InChI=1S/C18H17N3/c19-16-8-9-17(15-7-4-10-20-18(15)16)21-11-14(12-21)13-5-2-1-3-6-13/h1-10,14H,11-12,19H2. The minimum atomic E-state index is 0.621. The van der Waals surface area contributed by atoms with Crippen LogP contribution in [0.1, 0.15) is 11.5 Å². The van der Waals surface area contributed by atoms with E-state index in [9.17, 15) is 0 Å². The van der Waals surface area contributed by atoms with Crippen molar-refractivity contribution in [3.05, 3.63) is 66.4 Å². The van der Waals surface area contributed by atoms with Crippen LogP contribution in [0.15, 0.2) is 60.8 Å². The number of benzene rings is 2. The number of nitrogen functional groups attached to an aromatic ring is 1. The molecule has 1 aliphatic rings. The predicted octanol–water partition coefficient (Wildman–Crippen LogP) is 3.42. The molecule has 2 aromatic carbocycles. The van der Waals surface area contributed by atoms with Crippen LogP contribution in [0.25, 0.3) is 10.9 Å². The van der Waals surface area contributed by atoms with Gasteiger partial charge in [0.15, 0.2) is 0 Å². The molecule has 3 nitrogen and oxygen atoms in total. The van der Waals surface area contributed by atoms with Crippen LogP contribution in [0.3, 0.4) is 0 Å². The molecule has 0 spiro atoms. The largest absolute Gasteiger partial charge is 0.397 e. The lowest BCUT2D eigenvalue weighted by Gasteiger charge is -2.42. The Morgan fingerprint density at radius 2 is 1.76 bits per heavy atom. The Morgan fingerprint density at radius 3 is 2.57 bits per heavy atom. The highest BCUT2D eigenvalue weighted by Gasteiger charge is 2.29. The third kappa shape index (κ3) is 2.02. The molecule has 21 heavy (non-hydrogen) atoms. The summed E-state index contributed by atoms with van der Waals surface area (Å²) in [6.07, 6.45) is 1.80. The summed E-state index contributed by atoms with van der Waals surface area (Å²) in [5.74, 6) is 0.621. The molecule has 0 aliphatic carbocycles. The Hall–Kier alpha value is -2.55. The summed E-state index contributed by atoms with van der Waals surface area (Å²) >= 11 is 0. The van der Waals surface area contributed by atoms with E-state index < -0.39 is 0 Å². The van der Waals surface area contributed by atoms with Crippen LogP contribution >= 0.6 is 0 Å². The maximum absolute atomic E-state index is 6.02. The van der Waals surface area contributed by atoms with Gasteiger partial charge in [-0.3, -0.25) is 4.98 Å². The molecule has 1 aromatic heterocycles. The van der Waals surface area contributed by atoms with Crippen LogP contribution < -0.4 is 10.6 Å². The summed E-state index contributed by atoms with van der Waals surface area (Å²) < 4.78 is 0. The van der Waals surface area contributed by atoms with Gasteiger partial charge in [0.25, 0.3) is 0 Å². The molecule has 1 aliphatic heterocycles. The molecule has 2 N–H and O–H groups in total. The Kier molecular flexibility index (Phi) is 2.78. The topological polar surface area (TPSA) is 42.1 Å². The zero-order valence-electron chi connectivity index (χ0n) is 11.7. The minimum Gasteiger partial charge on any atom is -0.397 e. The number of fused-ring (bicyclic) bond motifs is 1. The van der Waals surface area contributed by atoms with E-state index in [4.69, 9.17) is 5.73 Å². The third-order valence-corrected chi connectivity index (χ3v) is 4.27. The first-order valence-electron chi connectivity index (χ1n) is 7.26. The van der Waals surface area contributed by atoms with Crippen molar-refractivity contribution in [2.24, 2.45) is 0 Å². The number of hydrogen-bond acceptors (Lipinski definition) is 3. The highest BCUT2D eigenvalue weighted by molar-refractivity contribution is 5.99. The van der Waals surface area contributed by atoms with Gasteiger partial charge in [0.05, 0.1) is 11.2 Å². The van der Waals surface area contributed by atoms with E-state index in [2.05, 4.69) is 52.3 Å². The minimum absolute atomic E-state index is 0.621. The van der Waals surface area contributed by atoms with Crippen molar-refractivity contribution in [2.75, 3.05) is 23.7 Å². The predicted molar refractivity (Wildman–Crippen MR) is 87.6 cm³/mol. The Balaban J connectivity index is 1.64. The molecule has 0 bridgehead atoms. The first-order valence-corrected chi connectivity index (χ1v) is 7.26. The van der Waals surface area contributed by atoms with E-state index in [1.807, 2.05) is 12.1 Å². The Morgan fingerprint density at radius 1 is 0.952 bits per heavy atom. The van der Waals surface area contributed by atoms with Gasteiger partial charge in [-0.25, -0.2) is 0 Å². The van der Waals surface area contributed by atoms with Gasteiger partial charge in [-0.2, -0.15) is 0 Å². The van der Waals surface area contributed by atoms with Crippen molar-refractivity contribution in [1.82, 2.24) is 4.98 Å². The van der Waals surface area contributed by atoms with Crippen LogP contribution in [0.5, 0.6) is 0 Å². The molecule has 3 heteroatoms. The monoisotopic (exact) mass is 275 g/mol. The second-order valence-electron chi connectivity index (χ2n) is 5.59. The molecule has 3 aromatic rings. The van der Waals surface area contributed by atoms with Gasteiger partial charge < -0.3 is 10.6 Å². The summed E-state index contributed by atoms with van der Waals surface area (Å²) in [6, 6.07) is 18.9. The fourth-order valence-electron chi connectivity index (χ4n) is 3.07. The average molecular weight is 275 g/mol. The van der Waals surface area contributed by atoms with Gasteiger partial charge in [-0.15, -0.1) is 0 Å². The van der Waals surface area contributed by atoms with Crippen LogP contribution in [0, 0.1) is 0 Å². The smallest absolute Gasteiger partial charge is 0.0951 e. The summed E-state index contributed by atoms with van der Waals surface area (Å²) in [4.78, 5) is 6.81.